The molecular formula is C13H18N2O2. The van der Waals surface area contributed by atoms with E-state index < -0.39 is 0 Å². The molecule has 0 saturated heterocycles. The van der Waals surface area contributed by atoms with Gasteiger partial charge in [-0.1, -0.05) is 12.1 Å². The molecule has 1 aromatic rings. The summed E-state index contributed by atoms with van der Waals surface area (Å²) in [6, 6.07) is 6.27. The minimum absolute atomic E-state index is 0.175. The molecule has 0 aromatic heterocycles. The summed E-state index contributed by atoms with van der Waals surface area (Å²) in [5, 5.41) is 0. The van der Waals surface area contributed by atoms with E-state index in [9.17, 15) is 4.79 Å². The first kappa shape index (κ1) is 12.1. The first-order valence-corrected chi connectivity index (χ1v) is 5.92. The minimum Gasteiger partial charge on any atom is -0.315 e. The molecule has 0 unspecified atom stereocenters. The van der Waals surface area contributed by atoms with Gasteiger partial charge in [-0.3, -0.25) is 4.79 Å². The van der Waals surface area contributed by atoms with Gasteiger partial charge in [0.1, 0.15) is 0 Å². The first-order chi connectivity index (χ1) is 8.22. The smallest absolute Gasteiger partial charge is 0.231 e. The lowest BCUT2D eigenvalue weighted by Gasteiger charge is -2.10. The molecule has 1 aliphatic rings. The van der Waals surface area contributed by atoms with Gasteiger partial charge in [0.2, 0.25) is 5.91 Å². The van der Waals surface area contributed by atoms with Gasteiger partial charge in [-0.05, 0) is 36.5 Å². The Kier molecular flexibility index (Phi) is 3.76. The van der Waals surface area contributed by atoms with Crippen LogP contribution >= 0.6 is 0 Å². The van der Waals surface area contributed by atoms with E-state index in [4.69, 9.17) is 5.90 Å². The Morgan fingerprint density at radius 3 is 3.00 bits per heavy atom. The molecule has 4 heteroatoms. The maximum absolute atomic E-state index is 11.5. The van der Waals surface area contributed by atoms with Gasteiger partial charge in [-0.2, -0.15) is 0 Å². The first-order valence-electron chi connectivity index (χ1n) is 5.92. The Hall–Kier alpha value is -1.39. The van der Waals surface area contributed by atoms with E-state index in [-0.39, 0.29) is 5.91 Å². The van der Waals surface area contributed by atoms with Crippen molar-refractivity contribution in [3.63, 3.8) is 0 Å². The number of nitrogens with zero attached hydrogens (tertiary/aromatic N) is 1. The molecule has 0 bridgehead atoms. The van der Waals surface area contributed by atoms with Crippen molar-refractivity contribution in [1.29, 1.82) is 0 Å². The zero-order chi connectivity index (χ0) is 12.3. The van der Waals surface area contributed by atoms with Crippen LogP contribution in [0.2, 0.25) is 0 Å². The number of carbonyl (C=O) groups excluding carboxylic acids is 1. The Bertz CT molecular complexity index is 418. The molecule has 0 aliphatic carbocycles. The van der Waals surface area contributed by atoms with Gasteiger partial charge in [0.15, 0.2) is 0 Å². The molecular weight excluding hydrogens is 216 g/mol. The number of nitrogens with two attached hydrogens (primary N) is 1. The second-order valence-corrected chi connectivity index (χ2v) is 4.42. The number of fused-ring (bicyclic) bond motifs is 1. The predicted octanol–water partition coefficient (Wildman–Crippen LogP) is 1.42. The summed E-state index contributed by atoms with van der Waals surface area (Å²) in [6.45, 7) is 0.603. The fourth-order valence-corrected chi connectivity index (χ4v) is 2.19. The molecule has 0 saturated carbocycles. The molecule has 1 heterocycles. The number of likely N-dealkylation sites (N-methyl/N-ethyl adjacent to an activating group) is 1. The molecule has 1 amide bonds. The van der Waals surface area contributed by atoms with E-state index in [1.165, 1.54) is 5.56 Å². The molecule has 2 N–H and O–H groups in total. The zero-order valence-electron chi connectivity index (χ0n) is 10.1. The second-order valence-electron chi connectivity index (χ2n) is 4.42. The average molecular weight is 234 g/mol. The fraction of sp³-hybridized carbons (Fsp3) is 0.462. The van der Waals surface area contributed by atoms with Crippen LogP contribution in [-0.2, 0) is 22.5 Å². The maximum atomic E-state index is 11.5. The van der Waals surface area contributed by atoms with Crippen LogP contribution in [0.25, 0.3) is 0 Å². The maximum Gasteiger partial charge on any atom is 0.231 e. The van der Waals surface area contributed by atoms with Crippen molar-refractivity contribution in [2.75, 3.05) is 18.6 Å². The third-order valence-electron chi connectivity index (χ3n) is 3.20. The van der Waals surface area contributed by atoms with E-state index in [0.717, 1.165) is 30.5 Å². The van der Waals surface area contributed by atoms with Crippen LogP contribution in [0.5, 0.6) is 0 Å². The second kappa shape index (κ2) is 5.29. The van der Waals surface area contributed by atoms with Crippen molar-refractivity contribution in [2.24, 2.45) is 5.90 Å². The highest BCUT2D eigenvalue weighted by atomic mass is 16.6. The van der Waals surface area contributed by atoms with Crippen LogP contribution in [0, 0.1) is 0 Å². The van der Waals surface area contributed by atoms with Gasteiger partial charge < -0.3 is 9.74 Å². The molecule has 0 spiro atoms. The van der Waals surface area contributed by atoms with Crippen molar-refractivity contribution in [1.82, 2.24) is 0 Å². The highest BCUT2D eigenvalue weighted by Crippen LogP contribution is 2.28. The van der Waals surface area contributed by atoms with E-state index in [1.54, 1.807) is 4.90 Å². The van der Waals surface area contributed by atoms with Gasteiger partial charge in [-0.15, -0.1) is 0 Å². The number of carbonyl (C=O) groups is 1. The van der Waals surface area contributed by atoms with E-state index in [1.807, 2.05) is 13.1 Å². The Balaban J connectivity index is 1.98. The molecule has 0 radical (unpaired) electrons. The number of benzene rings is 1. The van der Waals surface area contributed by atoms with Crippen molar-refractivity contribution < 1.29 is 9.63 Å². The SMILES string of the molecule is CN1C(=O)Cc2cc(CCCCON)ccc21. The Morgan fingerprint density at radius 1 is 1.41 bits per heavy atom. The molecule has 17 heavy (non-hydrogen) atoms. The topological polar surface area (TPSA) is 55.6 Å². The highest BCUT2D eigenvalue weighted by molar-refractivity contribution is 6.00. The molecule has 1 aliphatic heterocycles. The molecule has 4 nitrogen and oxygen atoms in total. The number of hydrogen-bond donors (Lipinski definition) is 1. The lowest BCUT2D eigenvalue weighted by molar-refractivity contribution is -0.117. The summed E-state index contributed by atoms with van der Waals surface area (Å²) in [5.41, 5.74) is 3.47. The third-order valence-corrected chi connectivity index (χ3v) is 3.20. The summed E-state index contributed by atoms with van der Waals surface area (Å²) < 4.78 is 0. The van der Waals surface area contributed by atoms with Crippen LogP contribution in [0.15, 0.2) is 18.2 Å². The lowest BCUT2D eigenvalue weighted by Crippen LogP contribution is -2.20. The zero-order valence-corrected chi connectivity index (χ0v) is 10.1. The van der Waals surface area contributed by atoms with Crippen LogP contribution in [0.1, 0.15) is 24.0 Å². The van der Waals surface area contributed by atoms with Crippen LogP contribution in [0.4, 0.5) is 5.69 Å². The minimum atomic E-state index is 0.175. The quantitative estimate of drug-likeness (QED) is 0.619. The summed E-state index contributed by atoms with van der Waals surface area (Å²) in [5.74, 6) is 5.14. The molecule has 0 atom stereocenters. The molecule has 0 fully saturated rings. The fourth-order valence-electron chi connectivity index (χ4n) is 2.19. The van der Waals surface area contributed by atoms with Gasteiger partial charge in [0, 0.05) is 12.7 Å². The highest BCUT2D eigenvalue weighted by Gasteiger charge is 2.23. The van der Waals surface area contributed by atoms with E-state index in [2.05, 4.69) is 17.0 Å². The largest absolute Gasteiger partial charge is 0.315 e. The number of rotatable bonds is 5. The number of anilines is 1. The van der Waals surface area contributed by atoms with Crippen molar-refractivity contribution in [2.45, 2.75) is 25.7 Å². The summed E-state index contributed by atoms with van der Waals surface area (Å²) in [6.07, 6.45) is 3.56. The standard InChI is InChI=1S/C13H18N2O2/c1-15-12-6-5-10(4-2-3-7-17-14)8-11(12)9-13(15)16/h5-6,8H,2-4,7,9,14H2,1H3. The number of aryl methyl sites for hydroxylation is 1. The molecule has 1 aromatic carbocycles. The Morgan fingerprint density at radius 2 is 2.24 bits per heavy atom. The monoisotopic (exact) mass is 234 g/mol. The summed E-state index contributed by atoms with van der Waals surface area (Å²) in [4.78, 5) is 17.8. The summed E-state index contributed by atoms with van der Waals surface area (Å²) in [7, 11) is 1.83. The van der Waals surface area contributed by atoms with Gasteiger partial charge in [-0.25, -0.2) is 5.90 Å². The van der Waals surface area contributed by atoms with E-state index in [0.29, 0.717) is 13.0 Å². The number of amides is 1. The third kappa shape index (κ3) is 2.65. The van der Waals surface area contributed by atoms with Crippen molar-refractivity contribution in [3.8, 4) is 0 Å². The van der Waals surface area contributed by atoms with Gasteiger partial charge in [0.25, 0.3) is 0 Å². The van der Waals surface area contributed by atoms with Crippen LogP contribution in [0.3, 0.4) is 0 Å². The normalized spacial score (nSPS) is 14.2. The lowest BCUT2D eigenvalue weighted by atomic mass is 10.0. The Labute approximate surface area is 101 Å². The van der Waals surface area contributed by atoms with E-state index >= 15 is 0 Å². The summed E-state index contributed by atoms with van der Waals surface area (Å²) >= 11 is 0. The number of hydrogen-bond acceptors (Lipinski definition) is 3. The van der Waals surface area contributed by atoms with Crippen LogP contribution in [-0.4, -0.2) is 19.6 Å². The average Bonchev–Trinajstić information content (AvgIpc) is 2.61. The number of unbranched alkanes of at least 4 members (excludes halogenated alkanes) is 1. The van der Waals surface area contributed by atoms with Crippen molar-refractivity contribution >= 4 is 11.6 Å². The predicted molar refractivity (Wildman–Crippen MR) is 66.6 cm³/mol. The van der Waals surface area contributed by atoms with Gasteiger partial charge >= 0.3 is 0 Å². The molecule has 92 valence electrons. The van der Waals surface area contributed by atoms with Gasteiger partial charge in [0.05, 0.1) is 13.0 Å². The van der Waals surface area contributed by atoms with Crippen LogP contribution < -0.4 is 10.8 Å². The molecule has 2 rings (SSSR count). The van der Waals surface area contributed by atoms with Crippen molar-refractivity contribution in [3.05, 3.63) is 29.3 Å².